The van der Waals surface area contributed by atoms with E-state index in [4.69, 9.17) is 9.15 Å². The average molecular weight is 459 g/mol. The third-order valence-electron chi connectivity index (χ3n) is 5.29. The number of ether oxygens (including phenoxy) is 1. The van der Waals surface area contributed by atoms with Gasteiger partial charge in [-0.2, -0.15) is 4.31 Å². The van der Waals surface area contributed by atoms with Crippen LogP contribution in [0.2, 0.25) is 0 Å². The summed E-state index contributed by atoms with van der Waals surface area (Å²) in [5.41, 5.74) is 1.61. The van der Waals surface area contributed by atoms with Gasteiger partial charge < -0.3 is 13.7 Å². The average Bonchev–Trinajstić information content (AvgIpc) is 3.34. The molecule has 0 unspecified atom stereocenters. The van der Waals surface area contributed by atoms with Crippen molar-refractivity contribution in [3.63, 3.8) is 0 Å². The molecule has 0 saturated carbocycles. The number of Topliss-reactive ketones (excluding diaryl/α,β-unsaturated/α-hetero) is 1. The minimum Gasteiger partial charge on any atom is -0.468 e. The molecular weight excluding hydrogens is 432 g/mol. The van der Waals surface area contributed by atoms with Crippen molar-refractivity contribution in [1.29, 1.82) is 0 Å². The minimum absolute atomic E-state index is 0.0769. The summed E-state index contributed by atoms with van der Waals surface area (Å²) in [5.74, 6) is -0.540. The highest BCUT2D eigenvalue weighted by Gasteiger charge is 2.31. The maximum absolute atomic E-state index is 13.3. The SMILES string of the molecule is CCOC(=O)c1c(C)c(C(=O)CN(Cc2ccco2)S(=O)(=O)c2ccccc2)c(C)n1C. The fourth-order valence-electron chi connectivity index (χ4n) is 3.66. The predicted molar refractivity (Wildman–Crippen MR) is 118 cm³/mol. The van der Waals surface area contributed by atoms with E-state index in [1.54, 1.807) is 62.7 Å². The predicted octanol–water partition coefficient (Wildman–Crippen LogP) is 3.49. The molecule has 3 aromatic rings. The summed E-state index contributed by atoms with van der Waals surface area (Å²) in [6, 6.07) is 11.2. The van der Waals surface area contributed by atoms with E-state index in [9.17, 15) is 18.0 Å². The number of nitrogens with zero attached hydrogens (tertiary/aromatic N) is 2. The van der Waals surface area contributed by atoms with Crippen LogP contribution in [0.15, 0.2) is 58.0 Å². The summed E-state index contributed by atoms with van der Waals surface area (Å²) in [6.45, 7) is 4.77. The minimum atomic E-state index is -3.98. The Balaban J connectivity index is 1.99. The number of hydrogen-bond donors (Lipinski definition) is 0. The van der Waals surface area contributed by atoms with E-state index in [-0.39, 0.29) is 23.7 Å². The van der Waals surface area contributed by atoms with Gasteiger partial charge in [0.1, 0.15) is 11.5 Å². The number of rotatable bonds is 9. The molecule has 0 amide bonds. The maximum atomic E-state index is 13.3. The highest BCUT2D eigenvalue weighted by atomic mass is 32.2. The van der Waals surface area contributed by atoms with E-state index >= 15 is 0 Å². The summed E-state index contributed by atoms with van der Waals surface area (Å²) < 4.78 is 39.7. The Morgan fingerprint density at radius 3 is 2.38 bits per heavy atom. The van der Waals surface area contributed by atoms with Crippen molar-refractivity contribution in [3.05, 3.63) is 77.0 Å². The van der Waals surface area contributed by atoms with Crippen LogP contribution in [0.5, 0.6) is 0 Å². The number of sulfonamides is 1. The third-order valence-corrected chi connectivity index (χ3v) is 7.10. The molecule has 0 atom stereocenters. The number of carbonyl (C=O) groups is 2. The molecule has 0 aliphatic heterocycles. The molecule has 170 valence electrons. The zero-order valence-electron chi connectivity index (χ0n) is 18.5. The van der Waals surface area contributed by atoms with Crippen LogP contribution >= 0.6 is 0 Å². The molecule has 0 spiro atoms. The zero-order valence-corrected chi connectivity index (χ0v) is 19.3. The van der Waals surface area contributed by atoms with E-state index < -0.39 is 28.3 Å². The van der Waals surface area contributed by atoms with Crippen molar-refractivity contribution in [2.45, 2.75) is 32.2 Å². The van der Waals surface area contributed by atoms with Gasteiger partial charge in [0.2, 0.25) is 10.0 Å². The molecular formula is C23H26N2O6S. The Morgan fingerprint density at radius 1 is 1.09 bits per heavy atom. The number of hydrogen-bond acceptors (Lipinski definition) is 6. The lowest BCUT2D eigenvalue weighted by molar-refractivity contribution is 0.0514. The first-order chi connectivity index (χ1) is 15.2. The molecule has 3 rings (SSSR count). The van der Waals surface area contributed by atoms with Crippen LogP contribution in [-0.4, -0.2) is 42.2 Å². The molecule has 2 heterocycles. The molecule has 0 bridgehead atoms. The molecule has 0 radical (unpaired) electrons. The highest BCUT2D eigenvalue weighted by molar-refractivity contribution is 7.89. The van der Waals surface area contributed by atoms with Gasteiger partial charge in [0.15, 0.2) is 5.78 Å². The first-order valence-electron chi connectivity index (χ1n) is 10.1. The monoisotopic (exact) mass is 458 g/mol. The quantitative estimate of drug-likeness (QED) is 0.360. The summed E-state index contributed by atoms with van der Waals surface area (Å²) >= 11 is 0. The largest absolute Gasteiger partial charge is 0.468 e. The molecule has 0 aliphatic rings. The fraction of sp³-hybridized carbons (Fsp3) is 0.304. The standard InChI is InChI=1S/C23H26N2O6S/c1-5-30-23(27)22-16(2)21(17(3)24(22)4)20(26)15-25(14-18-10-9-13-31-18)32(28,29)19-11-7-6-8-12-19/h6-13H,5,14-15H2,1-4H3. The molecule has 0 saturated heterocycles. The van der Waals surface area contributed by atoms with Crippen LogP contribution in [0.1, 0.15) is 44.8 Å². The topological polar surface area (TPSA) is 98.8 Å². The van der Waals surface area contributed by atoms with E-state index in [1.807, 2.05) is 0 Å². The van der Waals surface area contributed by atoms with Crippen LogP contribution in [0.3, 0.4) is 0 Å². The van der Waals surface area contributed by atoms with Crippen molar-refractivity contribution in [3.8, 4) is 0 Å². The molecule has 32 heavy (non-hydrogen) atoms. The van der Waals surface area contributed by atoms with Crippen LogP contribution in [0.25, 0.3) is 0 Å². The number of aromatic nitrogens is 1. The van der Waals surface area contributed by atoms with Crippen molar-refractivity contribution in [2.75, 3.05) is 13.2 Å². The van der Waals surface area contributed by atoms with Crippen molar-refractivity contribution in [2.24, 2.45) is 7.05 Å². The third kappa shape index (κ3) is 4.53. The lowest BCUT2D eigenvalue weighted by Gasteiger charge is -2.21. The Labute approximate surface area is 187 Å². The Bertz CT molecular complexity index is 1210. The summed E-state index contributed by atoms with van der Waals surface area (Å²) in [7, 11) is -2.31. The molecule has 2 aromatic heterocycles. The normalized spacial score (nSPS) is 11.7. The maximum Gasteiger partial charge on any atom is 0.355 e. The second-order valence-corrected chi connectivity index (χ2v) is 9.24. The van der Waals surface area contributed by atoms with E-state index in [0.717, 1.165) is 4.31 Å². The summed E-state index contributed by atoms with van der Waals surface area (Å²) in [5, 5.41) is 0. The van der Waals surface area contributed by atoms with Crippen LogP contribution in [-0.2, 0) is 28.4 Å². The Morgan fingerprint density at radius 2 is 1.78 bits per heavy atom. The zero-order chi connectivity index (χ0) is 23.5. The first kappa shape index (κ1) is 23.5. The van der Waals surface area contributed by atoms with E-state index in [0.29, 0.717) is 22.6 Å². The summed E-state index contributed by atoms with van der Waals surface area (Å²) in [4.78, 5) is 25.8. The molecule has 0 fully saturated rings. The van der Waals surface area contributed by atoms with Gasteiger partial charge in [-0.15, -0.1) is 0 Å². The molecule has 1 aromatic carbocycles. The van der Waals surface area contributed by atoms with Crippen molar-refractivity contribution < 1.29 is 27.2 Å². The van der Waals surface area contributed by atoms with Gasteiger partial charge in [0, 0.05) is 18.3 Å². The van der Waals surface area contributed by atoms with Gasteiger partial charge in [-0.05, 0) is 50.6 Å². The number of benzene rings is 1. The molecule has 9 heteroatoms. The fourth-order valence-corrected chi connectivity index (χ4v) is 5.04. The Hall–Kier alpha value is -3.17. The molecule has 8 nitrogen and oxygen atoms in total. The van der Waals surface area contributed by atoms with Gasteiger partial charge in [0.05, 0.1) is 30.9 Å². The number of furan rings is 1. The van der Waals surface area contributed by atoms with E-state index in [1.165, 1.54) is 18.4 Å². The van der Waals surface area contributed by atoms with Gasteiger partial charge in [-0.25, -0.2) is 13.2 Å². The van der Waals surface area contributed by atoms with Crippen molar-refractivity contribution in [1.82, 2.24) is 8.87 Å². The number of ketones is 1. The van der Waals surface area contributed by atoms with Crippen LogP contribution in [0.4, 0.5) is 0 Å². The number of esters is 1. The molecule has 0 N–H and O–H groups in total. The first-order valence-corrected chi connectivity index (χ1v) is 11.6. The van der Waals surface area contributed by atoms with Gasteiger partial charge in [-0.3, -0.25) is 4.79 Å². The van der Waals surface area contributed by atoms with Crippen LogP contribution < -0.4 is 0 Å². The van der Waals surface area contributed by atoms with Gasteiger partial charge >= 0.3 is 5.97 Å². The van der Waals surface area contributed by atoms with Gasteiger partial charge in [0.25, 0.3) is 0 Å². The number of carbonyl (C=O) groups excluding carboxylic acids is 2. The van der Waals surface area contributed by atoms with Crippen molar-refractivity contribution >= 4 is 21.8 Å². The van der Waals surface area contributed by atoms with E-state index in [2.05, 4.69) is 0 Å². The second-order valence-electron chi connectivity index (χ2n) is 7.30. The lowest BCUT2D eigenvalue weighted by Crippen LogP contribution is -2.35. The highest BCUT2D eigenvalue weighted by Crippen LogP contribution is 2.25. The summed E-state index contributed by atoms with van der Waals surface area (Å²) in [6.07, 6.45) is 1.45. The van der Waals surface area contributed by atoms with Gasteiger partial charge in [-0.1, -0.05) is 18.2 Å². The molecule has 0 aliphatic carbocycles. The smallest absolute Gasteiger partial charge is 0.355 e. The lowest BCUT2D eigenvalue weighted by atomic mass is 10.1. The Kier molecular flexibility index (Phi) is 7.00. The second kappa shape index (κ2) is 9.54. The van der Waals surface area contributed by atoms with Crippen LogP contribution in [0, 0.1) is 13.8 Å².